The molecule has 0 aromatic rings. The van der Waals surface area contributed by atoms with Gasteiger partial charge in [0.2, 0.25) is 0 Å². The molecule has 11 heavy (non-hydrogen) atoms. The van der Waals surface area contributed by atoms with Crippen LogP contribution in [-0.2, 0) is 17.2 Å². The maximum atomic E-state index is 10.8. The lowest BCUT2D eigenvalue weighted by molar-refractivity contribution is -0.155. The van der Waals surface area contributed by atoms with Gasteiger partial charge in [0.05, 0.1) is 0 Å². The van der Waals surface area contributed by atoms with Gasteiger partial charge in [-0.1, -0.05) is 0 Å². The molecule has 0 aliphatic carbocycles. The lowest BCUT2D eigenvalue weighted by Gasteiger charge is -2.15. The van der Waals surface area contributed by atoms with Gasteiger partial charge >= 0.3 is 11.9 Å². The van der Waals surface area contributed by atoms with Gasteiger partial charge in [0, 0.05) is 0 Å². The number of hydrogen-bond donors (Lipinski definition) is 0. The molecular weight excluding hydrogens is 284 g/mol. The summed E-state index contributed by atoms with van der Waals surface area (Å²) in [4.78, 5) is 21.7. The third-order valence-electron chi connectivity index (χ3n) is 1.16. The van der Waals surface area contributed by atoms with E-state index in [2.05, 4.69) is 40.2 Å². The van der Waals surface area contributed by atoms with Crippen molar-refractivity contribution < 1.29 is 17.2 Å². The summed E-state index contributed by atoms with van der Waals surface area (Å²) in [7, 11) is 0. The molecule has 0 rings (SSSR count). The van der Waals surface area contributed by atoms with E-state index in [1.807, 2.05) is 0 Å². The van der Waals surface area contributed by atoms with Gasteiger partial charge in [-0.05, 0) is 13.8 Å². The summed E-state index contributed by atoms with van der Waals surface area (Å²) in [5.74, 6) is -1.41. The third kappa shape index (κ3) is 2.44. The Balaban J connectivity index is 4.44. The highest BCUT2D eigenvalue weighted by atomic mass is 79.9. The molecule has 0 aliphatic heterocycles. The second kappa shape index (κ2) is 4.06. The fourth-order valence-electron chi connectivity index (χ4n) is 0.276. The molecule has 0 spiro atoms. The predicted molar refractivity (Wildman–Crippen MR) is 43.8 cm³/mol. The number of hydrogen-bond acceptors (Lipinski definition) is 4. The quantitative estimate of drug-likeness (QED) is 0.727. The summed E-state index contributed by atoms with van der Waals surface area (Å²) in [5.41, 5.74) is -1.30. The van der Waals surface area contributed by atoms with E-state index in [4.69, 9.17) is 0 Å². The van der Waals surface area contributed by atoms with Crippen LogP contribution >= 0.6 is 32.5 Å². The maximum Gasteiger partial charge on any atom is 0.334 e. The summed E-state index contributed by atoms with van der Waals surface area (Å²) < 4.78 is 8.38. The Morgan fingerprint density at radius 3 is 1.55 bits per heavy atom. The summed E-state index contributed by atoms with van der Waals surface area (Å²) in [6.07, 6.45) is 0. The zero-order valence-corrected chi connectivity index (χ0v) is 9.06. The fourth-order valence-corrected chi connectivity index (χ4v) is 1.09. The Kier molecular flexibility index (Phi) is 4.02. The average molecular weight is 290 g/mol. The molecule has 0 saturated heterocycles. The van der Waals surface area contributed by atoms with Crippen LogP contribution in [0.3, 0.4) is 0 Å². The maximum absolute atomic E-state index is 10.8. The summed E-state index contributed by atoms with van der Waals surface area (Å²) >= 11 is 4.95. The molecule has 6 heteroatoms. The average Bonchev–Trinajstić information content (AvgIpc) is 2.01. The van der Waals surface area contributed by atoms with Crippen LogP contribution in [0, 0.1) is 5.41 Å². The van der Waals surface area contributed by atoms with E-state index in [1.54, 1.807) is 0 Å². The number of carbonyl (C=O) groups is 2. The van der Waals surface area contributed by atoms with Crippen LogP contribution in [0.4, 0.5) is 0 Å². The van der Waals surface area contributed by atoms with Crippen molar-refractivity contribution >= 4 is 44.5 Å². The van der Waals surface area contributed by atoms with Gasteiger partial charge in [-0.2, -0.15) is 0 Å². The number of halogens is 2. The topological polar surface area (TPSA) is 52.6 Å². The molecule has 4 nitrogen and oxygen atoms in total. The van der Waals surface area contributed by atoms with Crippen LogP contribution < -0.4 is 0 Å². The van der Waals surface area contributed by atoms with Gasteiger partial charge in [-0.3, -0.25) is 0 Å². The molecule has 0 bridgehead atoms. The normalized spacial score (nSPS) is 10.5. The van der Waals surface area contributed by atoms with Gasteiger partial charge in [-0.25, -0.2) is 9.59 Å². The predicted octanol–water partition coefficient (Wildman–Crippen LogP) is 1.72. The Morgan fingerprint density at radius 1 is 1.09 bits per heavy atom. The van der Waals surface area contributed by atoms with Gasteiger partial charge in [-0.15, -0.1) is 0 Å². The van der Waals surface area contributed by atoms with E-state index in [0.29, 0.717) is 0 Å². The monoisotopic (exact) mass is 288 g/mol. The Morgan fingerprint density at radius 2 is 1.36 bits per heavy atom. The summed E-state index contributed by atoms with van der Waals surface area (Å²) in [5, 5.41) is 0. The van der Waals surface area contributed by atoms with Crippen molar-refractivity contribution in [3.8, 4) is 0 Å². The molecule has 0 radical (unpaired) electrons. The van der Waals surface area contributed by atoms with Crippen molar-refractivity contribution in [3.63, 3.8) is 0 Å². The van der Waals surface area contributed by atoms with Crippen molar-refractivity contribution in [3.05, 3.63) is 0 Å². The van der Waals surface area contributed by atoms with Crippen LogP contribution in [0.2, 0.25) is 0 Å². The third-order valence-corrected chi connectivity index (χ3v) is 1.75. The molecule has 0 unspecified atom stereocenters. The molecule has 0 aromatic carbocycles. The standard InChI is InChI=1S/C5H6Br2O4/c1-5(2,3(8)10-6)4(9)11-7/h1-2H3. The number of rotatable bonds is 2. The highest BCUT2D eigenvalue weighted by Gasteiger charge is 2.39. The summed E-state index contributed by atoms with van der Waals surface area (Å²) in [6, 6.07) is 0. The first-order chi connectivity index (χ1) is 4.96. The summed E-state index contributed by atoms with van der Waals surface area (Å²) in [6.45, 7) is 2.78. The van der Waals surface area contributed by atoms with Crippen molar-refractivity contribution in [2.45, 2.75) is 13.8 Å². The van der Waals surface area contributed by atoms with Gasteiger partial charge in [0.25, 0.3) is 0 Å². The van der Waals surface area contributed by atoms with Crippen LogP contribution in [-0.4, -0.2) is 11.9 Å². The lowest BCUT2D eigenvalue weighted by Crippen LogP contribution is -2.33. The number of carbonyl (C=O) groups excluding carboxylic acids is 2. The first-order valence-electron chi connectivity index (χ1n) is 2.63. The van der Waals surface area contributed by atoms with Gasteiger partial charge < -0.3 is 7.66 Å². The minimum atomic E-state index is -1.30. The largest absolute Gasteiger partial charge is 0.383 e. The SMILES string of the molecule is CC(C)(C(=O)OBr)C(=O)OBr. The van der Waals surface area contributed by atoms with Crippen molar-refractivity contribution in [2.24, 2.45) is 5.41 Å². The van der Waals surface area contributed by atoms with Gasteiger partial charge in [0.15, 0.2) is 37.9 Å². The Bertz CT molecular complexity index is 159. The first-order valence-corrected chi connectivity index (χ1v) is 3.92. The molecule has 64 valence electrons. The van der Waals surface area contributed by atoms with E-state index in [1.165, 1.54) is 13.8 Å². The molecule has 0 fully saturated rings. The molecule has 0 atom stereocenters. The van der Waals surface area contributed by atoms with Crippen LogP contribution in [0.15, 0.2) is 0 Å². The molecule has 0 N–H and O–H groups in total. The van der Waals surface area contributed by atoms with Crippen molar-refractivity contribution in [1.82, 2.24) is 0 Å². The van der Waals surface area contributed by atoms with Crippen LogP contribution in [0.5, 0.6) is 0 Å². The zero-order chi connectivity index (χ0) is 9.07. The smallest absolute Gasteiger partial charge is 0.334 e. The van der Waals surface area contributed by atoms with E-state index in [-0.39, 0.29) is 0 Å². The second-order valence-corrected chi connectivity index (χ2v) is 3.00. The van der Waals surface area contributed by atoms with E-state index < -0.39 is 17.4 Å². The van der Waals surface area contributed by atoms with Crippen LogP contribution in [0.1, 0.15) is 13.8 Å². The Labute approximate surface area is 81.1 Å². The minimum absolute atomic E-state index is 0.707. The molecule has 0 aromatic heterocycles. The first kappa shape index (κ1) is 10.9. The van der Waals surface area contributed by atoms with Crippen LogP contribution in [0.25, 0.3) is 0 Å². The van der Waals surface area contributed by atoms with Crippen molar-refractivity contribution in [2.75, 3.05) is 0 Å². The van der Waals surface area contributed by atoms with E-state index >= 15 is 0 Å². The molecule has 0 heterocycles. The molecule has 0 saturated carbocycles. The Hall–Kier alpha value is -0.100. The van der Waals surface area contributed by atoms with E-state index in [0.717, 1.165) is 0 Å². The molecular formula is C5H6Br2O4. The zero-order valence-electron chi connectivity index (χ0n) is 5.89. The highest BCUT2D eigenvalue weighted by Crippen LogP contribution is 2.21. The molecule has 0 amide bonds. The lowest BCUT2D eigenvalue weighted by atomic mass is 9.95. The highest BCUT2D eigenvalue weighted by molar-refractivity contribution is 9.06. The van der Waals surface area contributed by atoms with Gasteiger partial charge in [0.1, 0.15) is 0 Å². The fraction of sp³-hybridized carbons (Fsp3) is 0.600. The molecule has 0 aliphatic rings. The van der Waals surface area contributed by atoms with Crippen molar-refractivity contribution in [1.29, 1.82) is 0 Å². The minimum Gasteiger partial charge on any atom is -0.383 e. The second-order valence-electron chi connectivity index (χ2n) is 2.35. The van der Waals surface area contributed by atoms with E-state index in [9.17, 15) is 9.59 Å².